The van der Waals surface area contributed by atoms with E-state index in [-0.39, 0.29) is 11.2 Å². The second-order valence-electron chi connectivity index (χ2n) is 12.4. The van der Waals surface area contributed by atoms with E-state index in [4.69, 9.17) is 15.0 Å². The van der Waals surface area contributed by atoms with Crippen molar-refractivity contribution in [2.45, 2.75) is 19.3 Å². The summed E-state index contributed by atoms with van der Waals surface area (Å²) in [6.07, 6.45) is 0. The van der Waals surface area contributed by atoms with E-state index in [9.17, 15) is 4.79 Å². The average Bonchev–Trinajstić information content (AvgIpc) is 3.14. The average molecular weight is 606 g/mol. The standard InChI is InChI=1S/C43H31N3O/c1-43(2)37-23-12-11-22-35(37)39(47)36-27-31(24-25-38(36)43)30-18-13-19-32(26-30)33-20-9-10-21-34(33)42-45-40(28-14-5-3-6-15-28)44-41(46-42)29-16-7-4-8-17-29/h3-27H,1-2H3. The Kier molecular flexibility index (Phi) is 6.92. The molecule has 0 radical (unpaired) electrons. The topological polar surface area (TPSA) is 55.7 Å². The summed E-state index contributed by atoms with van der Waals surface area (Å²) >= 11 is 0. The summed E-state index contributed by atoms with van der Waals surface area (Å²) in [6, 6.07) is 51.0. The molecule has 8 rings (SSSR count). The molecule has 0 N–H and O–H groups in total. The van der Waals surface area contributed by atoms with Crippen molar-refractivity contribution in [3.05, 3.63) is 174 Å². The molecule has 0 saturated heterocycles. The van der Waals surface area contributed by atoms with Gasteiger partial charge in [0.2, 0.25) is 0 Å². The van der Waals surface area contributed by atoms with E-state index < -0.39 is 0 Å². The molecule has 1 aliphatic carbocycles. The first-order valence-electron chi connectivity index (χ1n) is 15.8. The number of fused-ring (bicyclic) bond motifs is 2. The molecule has 4 nitrogen and oxygen atoms in total. The molecule has 0 unspecified atom stereocenters. The molecule has 1 aromatic heterocycles. The van der Waals surface area contributed by atoms with Crippen LogP contribution in [0.4, 0.5) is 0 Å². The number of hydrogen-bond acceptors (Lipinski definition) is 4. The molecule has 0 bridgehead atoms. The third-order valence-electron chi connectivity index (χ3n) is 9.16. The minimum atomic E-state index is -0.263. The molecule has 0 fully saturated rings. The first-order chi connectivity index (χ1) is 23.0. The molecule has 224 valence electrons. The summed E-state index contributed by atoms with van der Waals surface area (Å²) in [5, 5.41) is 0. The molecule has 7 aromatic rings. The van der Waals surface area contributed by atoms with Crippen LogP contribution < -0.4 is 0 Å². The zero-order valence-electron chi connectivity index (χ0n) is 26.2. The fraction of sp³-hybridized carbons (Fsp3) is 0.0698. The Morgan fingerprint density at radius 2 is 0.872 bits per heavy atom. The number of nitrogens with zero attached hydrogens (tertiary/aromatic N) is 3. The minimum absolute atomic E-state index is 0.0801. The molecule has 0 spiro atoms. The van der Waals surface area contributed by atoms with Gasteiger partial charge < -0.3 is 0 Å². The van der Waals surface area contributed by atoms with Crippen LogP contribution >= 0.6 is 0 Å². The molecule has 1 heterocycles. The highest BCUT2D eigenvalue weighted by Gasteiger charge is 2.36. The summed E-state index contributed by atoms with van der Waals surface area (Å²) in [4.78, 5) is 28.6. The molecule has 6 aromatic carbocycles. The number of aromatic nitrogens is 3. The van der Waals surface area contributed by atoms with E-state index in [1.54, 1.807) is 0 Å². The zero-order chi connectivity index (χ0) is 32.0. The highest BCUT2D eigenvalue weighted by atomic mass is 16.1. The van der Waals surface area contributed by atoms with Crippen LogP contribution in [0.15, 0.2) is 152 Å². The van der Waals surface area contributed by atoms with E-state index >= 15 is 0 Å². The van der Waals surface area contributed by atoms with Gasteiger partial charge in [0.1, 0.15) is 0 Å². The predicted molar refractivity (Wildman–Crippen MR) is 189 cm³/mol. The Labute approximate surface area is 274 Å². The predicted octanol–water partition coefficient (Wildman–Crippen LogP) is 10.1. The maximum absolute atomic E-state index is 13.7. The van der Waals surface area contributed by atoms with E-state index in [1.807, 2.05) is 91.0 Å². The quantitative estimate of drug-likeness (QED) is 0.196. The van der Waals surface area contributed by atoms with E-state index in [2.05, 4.69) is 74.5 Å². The lowest BCUT2D eigenvalue weighted by Gasteiger charge is -2.34. The molecule has 0 saturated carbocycles. The summed E-state index contributed by atoms with van der Waals surface area (Å²) in [5.74, 6) is 1.94. The molecular formula is C43H31N3O. The van der Waals surface area contributed by atoms with Crippen LogP contribution in [0, 0.1) is 0 Å². The molecule has 0 amide bonds. The van der Waals surface area contributed by atoms with Crippen molar-refractivity contribution in [2.75, 3.05) is 0 Å². The number of rotatable bonds is 5. The summed E-state index contributed by atoms with van der Waals surface area (Å²) in [7, 11) is 0. The molecule has 4 heteroatoms. The van der Waals surface area contributed by atoms with Gasteiger partial charge in [-0.25, -0.2) is 15.0 Å². The Bertz CT molecular complexity index is 2230. The fourth-order valence-corrected chi connectivity index (χ4v) is 6.70. The molecule has 0 atom stereocenters. The maximum atomic E-state index is 13.7. The Morgan fingerprint density at radius 1 is 0.383 bits per heavy atom. The molecular weight excluding hydrogens is 574 g/mol. The van der Waals surface area contributed by atoms with Crippen molar-refractivity contribution in [1.29, 1.82) is 0 Å². The Morgan fingerprint density at radius 3 is 1.55 bits per heavy atom. The van der Waals surface area contributed by atoms with Gasteiger partial charge in [-0.3, -0.25) is 4.79 Å². The van der Waals surface area contributed by atoms with Crippen LogP contribution in [-0.4, -0.2) is 20.7 Å². The van der Waals surface area contributed by atoms with E-state index in [1.165, 1.54) is 0 Å². The second kappa shape index (κ2) is 11.4. The lowest BCUT2D eigenvalue weighted by Crippen LogP contribution is -2.30. The first-order valence-corrected chi connectivity index (χ1v) is 15.8. The van der Waals surface area contributed by atoms with Gasteiger partial charge >= 0.3 is 0 Å². The molecule has 0 aliphatic heterocycles. The fourth-order valence-electron chi connectivity index (χ4n) is 6.70. The Balaban J connectivity index is 1.23. The van der Waals surface area contributed by atoms with Crippen LogP contribution in [0.5, 0.6) is 0 Å². The first kappa shape index (κ1) is 28.5. The van der Waals surface area contributed by atoms with E-state index in [0.717, 1.165) is 61.2 Å². The van der Waals surface area contributed by atoms with Gasteiger partial charge in [-0.05, 0) is 45.5 Å². The van der Waals surface area contributed by atoms with Crippen molar-refractivity contribution in [3.63, 3.8) is 0 Å². The highest BCUT2D eigenvalue weighted by molar-refractivity contribution is 6.13. The minimum Gasteiger partial charge on any atom is -0.289 e. The maximum Gasteiger partial charge on any atom is 0.193 e. The normalized spacial score (nSPS) is 13.1. The second-order valence-corrected chi connectivity index (χ2v) is 12.4. The van der Waals surface area contributed by atoms with Gasteiger partial charge in [-0.15, -0.1) is 0 Å². The number of carbonyl (C=O) groups is 1. The van der Waals surface area contributed by atoms with Crippen molar-refractivity contribution < 1.29 is 4.79 Å². The number of ketones is 1. The highest BCUT2D eigenvalue weighted by Crippen LogP contribution is 2.43. The van der Waals surface area contributed by atoms with Crippen molar-refractivity contribution >= 4 is 5.78 Å². The van der Waals surface area contributed by atoms with Gasteiger partial charge in [0.15, 0.2) is 23.3 Å². The van der Waals surface area contributed by atoms with Gasteiger partial charge in [0, 0.05) is 33.2 Å². The van der Waals surface area contributed by atoms with Gasteiger partial charge in [0.25, 0.3) is 0 Å². The third kappa shape index (κ3) is 5.04. The number of hydrogen-bond donors (Lipinski definition) is 0. The zero-order valence-corrected chi connectivity index (χ0v) is 26.2. The molecule has 1 aliphatic rings. The molecule has 47 heavy (non-hydrogen) atoms. The summed E-state index contributed by atoms with van der Waals surface area (Å²) in [6.45, 7) is 4.39. The largest absolute Gasteiger partial charge is 0.289 e. The van der Waals surface area contributed by atoms with E-state index in [0.29, 0.717) is 17.5 Å². The Hall–Kier alpha value is -6.00. The third-order valence-corrected chi connectivity index (χ3v) is 9.16. The summed E-state index contributed by atoms with van der Waals surface area (Å²) in [5.41, 5.74) is 10.3. The van der Waals surface area contributed by atoms with Crippen LogP contribution in [0.1, 0.15) is 40.9 Å². The van der Waals surface area contributed by atoms with Crippen LogP contribution in [0.2, 0.25) is 0 Å². The number of benzene rings is 6. The van der Waals surface area contributed by atoms with Crippen LogP contribution in [-0.2, 0) is 5.41 Å². The number of carbonyl (C=O) groups excluding carboxylic acids is 1. The van der Waals surface area contributed by atoms with Crippen LogP contribution in [0.25, 0.3) is 56.4 Å². The lowest BCUT2D eigenvalue weighted by molar-refractivity contribution is 0.103. The lowest BCUT2D eigenvalue weighted by atomic mass is 9.68. The van der Waals surface area contributed by atoms with Gasteiger partial charge in [-0.2, -0.15) is 0 Å². The van der Waals surface area contributed by atoms with Gasteiger partial charge in [-0.1, -0.05) is 153 Å². The van der Waals surface area contributed by atoms with Crippen molar-refractivity contribution in [1.82, 2.24) is 15.0 Å². The van der Waals surface area contributed by atoms with Crippen LogP contribution in [0.3, 0.4) is 0 Å². The summed E-state index contributed by atoms with van der Waals surface area (Å²) < 4.78 is 0. The smallest absolute Gasteiger partial charge is 0.193 e. The monoisotopic (exact) mass is 605 g/mol. The van der Waals surface area contributed by atoms with Gasteiger partial charge in [0.05, 0.1) is 0 Å². The van der Waals surface area contributed by atoms with Crippen molar-refractivity contribution in [2.24, 2.45) is 0 Å². The SMILES string of the molecule is CC1(C)c2ccccc2C(=O)c2cc(-c3cccc(-c4ccccc4-c4nc(-c5ccccc5)nc(-c5ccccc5)n4)c3)ccc21. The van der Waals surface area contributed by atoms with Crippen molar-refractivity contribution in [3.8, 4) is 56.4 Å².